The average molecular weight is 549 g/mol. The van der Waals surface area contributed by atoms with Crippen LogP contribution in [0.4, 0.5) is 0 Å². The predicted octanol–water partition coefficient (Wildman–Crippen LogP) is 5.32. The van der Waals surface area contributed by atoms with Crippen LogP contribution < -0.4 is 4.74 Å². The first-order chi connectivity index (χ1) is 17.2. The fourth-order valence-corrected chi connectivity index (χ4v) is 4.51. The molecule has 1 aliphatic heterocycles. The molecule has 0 aromatic heterocycles. The summed E-state index contributed by atoms with van der Waals surface area (Å²) in [5.74, 6) is -0.841. The number of amides is 1. The number of nitrogens with zero attached hydrogens (tertiary/aromatic N) is 2. The quantitative estimate of drug-likeness (QED) is 0.234. The number of aryl methyl sites for hydroxylation is 1. The Bertz CT molecular complexity index is 1280. The molecule has 0 aliphatic carbocycles. The van der Waals surface area contributed by atoms with E-state index in [0.29, 0.717) is 31.0 Å². The van der Waals surface area contributed by atoms with Crippen LogP contribution in [0, 0.1) is 6.92 Å². The minimum Gasteiger partial charge on any atom is -0.507 e. The van der Waals surface area contributed by atoms with Gasteiger partial charge in [-0.2, -0.15) is 0 Å². The molecule has 1 atom stereocenters. The van der Waals surface area contributed by atoms with E-state index in [2.05, 4.69) is 22.0 Å². The number of ether oxygens (including phenoxy) is 1. The summed E-state index contributed by atoms with van der Waals surface area (Å²) >= 11 is 3.43. The van der Waals surface area contributed by atoms with E-state index in [4.69, 9.17) is 4.74 Å². The number of Topliss-reactive ketones (excluding diaryl/α,β-unsaturated/α-hetero) is 1. The number of likely N-dealkylation sites (tertiary alicyclic amines) is 1. The van der Waals surface area contributed by atoms with Crippen molar-refractivity contribution in [2.24, 2.45) is 0 Å². The Labute approximate surface area is 219 Å². The lowest BCUT2D eigenvalue weighted by Gasteiger charge is -2.26. The number of hydrogen-bond acceptors (Lipinski definition) is 5. The van der Waals surface area contributed by atoms with E-state index in [1.807, 2.05) is 68.4 Å². The average Bonchev–Trinajstić information content (AvgIpc) is 3.11. The molecule has 6 nitrogen and oxygen atoms in total. The SMILES string of the molecule is Cc1cccc(COc2ccc(/C(O)=C3\C(=O)C(=O)N(CCN(C)C)C3c3ccc(Br)cc3)cc2)c1. The number of carbonyl (C=O) groups excluding carboxylic acids is 2. The number of aliphatic hydroxyl groups excluding tert-OH is 1. The number of likely N-dealkylation sites (N-methyl/N-ethyl adjacent to an activating group) is 1. The fourth-order valence-electron chi connectivity index (χ4n) is 4.24. The van der Waals surface area contributed by atoms with Crippen molar-refractivity contribution < 1.29 is 19.4 Å². The Morgan fingerprint density at radius 1 is 1.03 bits per heavy atom. The van der Waals surface area contributed by atoms with Gasteiger partial charge in [-0.1, -0.05) is 57.9 Å². The van der Waals surface area contributed by atoms with Crippen LogP contribution in [-0.2, 0) is 16.2 Å². The number of benzene rings is 3. The van der Waals surface area contributed by atoms with Crippen LogP contribution in [0.25, 0.3) is 5.76 Å². The summed E-state index contributed by atoms with van der Waals surface area (Å²) in [6.07, 6.45) is 0. The number of hydrogen-bond donors (Lipinski definition) is 1. The smallest absolute Gasteiger partial charge is 0.295 e. The largest absolute Gasteiger partial charge is 0.507 e. The van der Waals surface area contributed by atoms with Gasteiger partial charge >= 0.3 is 0 Å². The first-order valence-corrected chi connectivity index (χ1v) is 12.5. The van der Waals surface area contributed by atoms with Crippen LogP contribution in [0.1, 0.15) is 28.3 Å². The van der Waals surface area contributed by atoms with Crippen LogP contribution in [0.15, 0.2) is 82.8 Å². The van der Waals surface area contributed by atoms with E-state index in [9.17, 15) is 14.7 Å². The summed E-state index contributed by atoms with van der Waals surface area (Å²) < 4.78 is 6.77. The number of ketones is 1. The molecule has 186 valence electrons. The Morgan fingerprint density at radius 3 is 2.36 bits per heavy atom. The highest BCUT2D eigenvalue weighted by molar-refractivity contribution is 9.10. The van der Waals surface area contributed by atoms with Gasteiger partial charge in [0.2, 0.25) is 0 Å². The van der Waals surface area contributed by atoms with Gasteiger partial charge in [0.05, 0.1) is 11.6 Å². The van der Waals surface area contributed by atoms with Crippen molar-refractivity contribution in [1.29, 1.82) is 0 Å². The molecular weight excluding hydrogens is 520 g/mol. The predicted molar refractivity (Wildman–Crippen MR) is 144 cm³/mol. The maximum atomic E-state index is 13.1. The lowest BCUT2D eigenvalue weighted by molar-refractivity contribution is -0.140. The molecule has 36 heavy (non-hydrogen) atoms. The van der Waals surface area contributed by atoms with Gasteiger partial charge in [0.1, 0.15) is 18.1 Å². The Morgan fingerprint density at radius 2 is 1.72 bits per heavy atom. The van der Waals surface area contributed by atoms with Gasteiger partial charge in [-0.15, -0.1) is 0 Å². The molecule has 1 unspecified atom stereocenters. The Hall–Kier alpha value is -3.42. The highest BCUT2D eigenvalue weighted by Crippen LogP contribution is 2.39. The second-order valence-electron chi connectivity index (χ2n) is 9.15. The summed E-state index contributed by atoms with van der Waals surface area (Å²) in [5, 5.41) is 11.2. The topological polar surface area (TPSA) is 70.1 Å². The van der Waals surface area contributed by atoms with Crippen molar-refractivity contribution in [3.05, 3.63) is 105 Å². The van der Waals surface area contributed by atoms with Crippen molar-refractivity contribution in [3.63, 3.8) is 0 Å². The van der Waals surface area contributed by atoms with Gasteiger partial charge in [0.15, 0.2) is 0 Å². The van der Waals surface area contributed by atoms with E-state index < -0.39 is 17.7 Å². The zero-order chi connectivity index (χ0) is 25.8. The standard InChI is InChI=1S/C29H29BrN2O4/c1-19-5-4-6-20(17-19)18-36-24-13-9-22(10-14-24)27(33)25-26(21-7-11-23(30)12-8-21)32(16-15-31(2)3)29(35)28(25)34/h4-14,17,26,33H,15-16,18H2,1-3H3/b27-25+. The molecule has 4 rings (SSSR count). The highest BCUT2D eigenvalue weighted by Gasteiger charge is 2.45. The second kappa shape index (κ2) is 11.1. The lowest BCUT2D eigenvalue weighted by atomic mass is 9.95. The molecular formula is C29H29BrN2O4. The van der Waals surface area contributed by atoms with Crippen LogP contribution in [-0.4, -0.2) is 53.8 Å². The van der Waals surface area contributed by atoms with E-state index in [-0.39, 0.29) is 11.3 Å². The fraction of sp³-hybridized carbons (Fsp3) is 0.241. The molecule has 7 heteroatoms. The summed E-state index contributed by atoms with van der Waals surface area (Å²) in [7, 11) is 3.82. The van der Waals surface area contributed by atoms with Crippen molar-refractivity contribution in [2.75, 3.05) is 27.2 Å². The second-order valence-corrected chi connectivity index (χ2v) is 10.1. The molecule has 1 saturated heterocycles. The van der Waals surface area contributed by atoms with Crippen molar-refractivity contribution in [1.82, 2.24) is 9.80 Å². The minimum absolute atomic E-state index is 0.0921. The summed E-state index contributed by atoms with van der Waals surface area (Å²) in [6, 6.07) is 21.8. The maximum absolute atomic E-state index is 13.1. The molecule has 1 aliphatic rings. The monoisotopic (exact) mass is 548 g/mol. The van der Waals surface area contributed by atoms with Gasteiger partial charge in [-0.25, -0.2) is 0 Å². The number of carbonyl (C=O) groups is 2. The molecule has 3 aromatic rings. The normalized spacial score (nSPS) is 17.1. The van der Waals surface area contributed by atoms with E-state index in [1.54, 1.807) is 24.3 Å². The zero-order valence-electron chi connectivity index (χ0n) is 20.6. The third kappa shape index (κ3) is 5.69. The van der Waals surface area contributed by atoms with Crippen molar-refractivity contribution >= 4 is 33.4 Å². The molecule has 1 heterocycles. The molecule has 0 bridgehead atoms. The Kier molecular flexibility index (Phi) is 7.91. The number of aliphatic hydroxyl groups is 1. The summed E-state index contributed by atoms with van der Waals surface area (Å²) in [4.78, 5) is 29.6. The molecule has 0 radical (unpaired) electrons. The molecule has 3 aromatic carbocycles. The molecule has 1 fully saturated rings. The lowest BCUT2D eigenvalue weighted by Crippen LogP contribution is -2.35. The summed E-state index contributed by atoms with van der Waals surface area (Å²) in [6.45, 7) is 3.41. The molecule has 1 amide bonds. The van der Waals surface area contributed by atoms with Gasteiger partial charge < -0.3 is 19.6 Å². The third-order valence-electron chi connectivity index (χ3n) is 6.13. The molecule has 0 spiro atoms. The van der Waals surface area contributed by atoms with Gasteiger partial charge in [0.25, 0.3) is 11.7 Å². The minimum atomic E-state index is -0.682. The third-order valence-corrected chi connectivity index (χ3v) is 6.66. The van der Waals surface area contributed by atoms with E-state index >= 15 is 0 Å². The maximum Gasteiger partial charge on any atom is 0.295 e. The summed E-state index contributed by atoms with van der Waals surface area (Å²) in [5.41, 5.74) is 3.53. The Balaban J connectivity index is 1.64. The van der Waals surface area contributed by atoms with E-state index in [0.717, 1.165) is 15.6 Å². The van der Waals surface area contributed by atoms with Gasteiger partial charge in [0, 0.05) is 23.1 Å². The first-order valence-electron chi connectivity index (χ1n) is 11.7. The van der Waals surface area contributed by atoms with Gasteiger partial charge in [-0.05, 0) is 68.5 Å². The van der Waals surface area contributed by atoms with Crippen molar-refractivity contribution in [2.45, 2.75) is 19.6 Å². The first kappa shape index (κ1) is 25.7. The number of rotatable bonds is 8. The highest BCUT2D eigenvalue weighted by atomic mass is 79.9. The zero-order valence-corrected chi connectivity index (χ0v) is 22.2. The van der Waals surface area contributed by atoms with Crippen molar-refractivity contribution in [3.8, 4) is 5.75 Å². The molecule has 0 saturated carbocycles. The van der Waals surface area contributed by atoms with Crippen LogP contribution in [0.5, 0.6) is 5.75 Å². The van der Waals surface area contributed by atoms with Crippen LogP contribution >= 0.6 is 15.9 Å². The van der Waals surface area contributed by atoms with Crippen LogP contribution in [0.2, 0.25) is 0 Å². The van der Waals surface area contributed by atoms with E-state index in [1.165, 1.54) is 10.5 Å². The van der Waals surface area contributed by atoms with Gasteiger partial charge in [-0.3, -0.25) is 9.59 Å². The van der Waals surface area contributed by atoms with Crippen LogP contribution in [0.3, 0.4) is 0 Å². The number of halogens is 1. The molecule has 1 N–H and O–H groups in total.